The molecule has 1 aromatic heterocycles. The first kappa shape index (κ1) is 14.1. The molecule has 2 aromatic rings. The van der Waals surface area contributed by atoms with Crippen LogP contribution in [0.1, 0.15) is 16.1 Å². The third-order valence-corrected chi connectivity index (χ3v) is 3.07. The highest BCUT2D eigenvalue weighted by Crippen LogP contribution is 2.19. The Kier molecular flexibility index (Phi) is 4.74. The number of halogens is 1. The molecule has 0 bridgehead atoms. The van der Waals surface area contributed by atoms with Crippen molar-refractivity contribution in [1.82, 2.24) is 15.5 Å². The first-order valence-corrected chi connectivity index (χ1v) is 6.71. The second-order valence-electron chi connectivity index (χ2n) is 3.95. The van der Waals surface area contributed by atoms with Crippen molar-refractivity contribution in [2.75, 3.05) is 18.4 Å². The summed E-state index contributed by atoms with van der Waals surface area (Å²) < 4.78 is 0.854. The number of hydrogen-bond donors (Lipinski definition) is 3. The van der Waals surface area contributed by atoms with Crippen molar-refractivity contribution < 1.29 is 4.79 Å². The molecule has 3 N–H and O–H groups in total. The van der Waals surface area contributed by atoms with Crippen molar-refractivity contribution in [1.29, 1.82) is 5.26 Å². The zero-order chi connectivity index (χ0) is 14.4. The minimum absolute atomic E-state index is 0.208. The number of H-pyrrole nitrogens is 1. The maximum Gasteiger partial charge on any atom is 0.269 e. The average molecular weight is 334 g/mol. The van der Waals surface area contributed by atoms with E-state index in [1.165, 1.54) is 6.20 Å². The number of aromatic nitrogens is 2. The van der Waals surface area contributed by atoms with Crippen LogP contribution in [-0.4, -0.2) is 29.2 Å². The zero-order valence-corrected chi connectivity index (χ0v) is 12.1. The molecule has 0 radical (unpaired) electrons. The molecular formula is C13H12BrN5O. The molecule has 0 aliphatic carbocycles. The van der Waals surface area contributed by atoms with Crippen molar-refractivity contribution in [2.45, 2.75) is 0 Å². The SMILES string of the molecule is N#Cc1cc(Br)ccc1NCCNC(=O)c1ccn[nH]1. The highest BCUT2D eigenvalue weighted by molar-refractivity contribution is 9.10. The van der Waals surface area contributed by atoms with E-state index in [2.05, 4.69) is 42.8 Å². The topological polar surface area (TPSA) is 93.6 Å². The van der Waals surface area contributed by atoms with Gasteiger partial charge in [-0.25, -0.2) is 0 Å². The lowest BCUT2D eigenvalue weighted by atomic mass is 10.2. The van der Waals surface area contributed by atoms with E-state index in [4.69, 9.17) is 5.26 Å². The predicted octanol–water partition coefficient (Wildman–Crippen LogP) is 1.89. The van der Waals surface area contributed by atoms with E-state index in [0.717, 1.165) is 10.2 Å². The van der Waals surface area contributed by atoms with Crippen molar-refractivity contribution in [3.05, 3.63) is 46.2 Å². The largest absolute Gasteiger partial charge is 0.382 e. The summed E-state index contributed by atoms with van der Waals surface area (Å²) in [5.41, 5.74) is 1.72. The molecule has 102 valence electrons. The summed E-state index contributed by atoms with van der Waals surface area (Å²) >= 11 is 3.31. The van der Waals surface area contributed by atoms with E-state index in [0.29, 0.717) is 24.3 Å². The van der Waals surface area contributed by atoms with Gasteiger partial charge in [0.05, 0.1) is 11.3 Å². The highest BCUT2D eigenvalue weighted by atomic mass is 79.9. The molecule has 1 amide bonds. The highest BCUT2D eigenvalue weighted by Gasteiger charge is 2.06. The van der Waals surface area contributed by atoms with E-state index in [1.54, 1.807) is 12.1 Å². The molecule has 0 aliphatic rings. The second-order valence-corrected chi connectivity index (χ2v) is 4.87. The van der Waals surface area contributed by atoms with Crippen molar-refractivity contribution in [3.63, 3.8) is 0 Å². The van der Waals surface area contributed by atoms with Crippen LogP contribution in [0, 0.1) is 11.3 Å². The minimum atomic E-state index is -0.208. The van der Waals surface area contributed by atoms with Crippen LogP contribution in [0.4, 0.5) is 5.69 Å². The Morgan fingerprint density at radius 3 is 2.95 bits per heavy atom. The Morgan fingerprint density at radius 2 is 2.25 bits per heavy atom. The number of anilines is 1. The number of nitriles is 1. The molecule has 6 nitrogen and oxygen atoms in total. The lowest BCUT2D eigenvalue weighted by Gasteiger charge is -2.09. The van der Waals surface area contributed by atoms with Crippen molar-refractivity contribution in [2.24, 2.45) is 0 Å². The number of carbonyl (C=O) groups is 1. The van der Waals surface area contributed by atoms with Crippen LogP contribution in [0.5, 0.6) is 0 Å². The number of nitrogens with zero attached hydrogens (tertiary/aromatic N) is 2. The average Bonchev–Trinajstić information content (AvgIpc) is 2.98. The Bertz CT molecular complexity index is 633. The summed E-state index contributed by atoms with van der Waals surface area (Å²) in [6.45, 7) is 0.967. The molecule has 0 atom stereocenters. The summed E-state index contributed by atoms with van der Waals surface area (Å²) in [4.78, 5) is 11.6. The van der Waals surface area contributed by atoms with Gasteiger partial charge in [0.25, 0.3) is 5.91 Å². The summed E-state index contributed by atoms with van der Waals surface area (Å²) in [5, 5.41) is 21.2. The van der Waals surface area contributed by atoms with Crippen LogP contribution in [0.2, 0.25) is 0 Å². The number of rotatable bonds is 5. The third-order valence-electron chi connectivity index (χ3n) is 2.57. The van der Waals surface area contributed by atoms with E-state index in [9.17, 15) is 4.79 Å². The molecule has 0 fully saturated rings. The smallest absolute Gasteiger partial charge is 0.269 e. The van der Waals surface area contributed by atoms with Gasteiger partial charge in [-0.1, -0.05) is 15.9 Å². The number of aromatic amines is 1. The Balaban J connectivity index is 1.82. The van der Waals surface area contributed by atoms with Crippen LogP contribution in [0.15, 0.2) is 34.9 Å². The first-order chi connectivity index (χ1) is 9.70. The van der Waals surface area contributed by atoms with Gasteiger partial charge in [-0.15, -0.1) is 0 Å². The van der Waals surface area contributed by atoms with Crippen LogP contribution >= 0.6 is 15.9 Å². The van der Waals surface area contributed by atoms with Crippen molar-refractivity contribution in [3.8, 4) is 6.07 Å². The molecule has 7 heteroatoms. The number of nitrogens with one attached hydrogen (secondary N) is 3. The van der Waals surface area contributed by atoms with Crippen LogP contribution in [-0.2, 0) is 0 Å². The third kappa shape index (κ3) is 3.59. The minimum Gasteiger partial charge on any atom is -0.382 e. The van der Waals surface area contributed by atoms with E-state index >= 15 is 0 Å². The number of hydrogen-bond acceptors (Lipinski definition) is 4. The fraction of sp³-hybridized carbons (Fsp3) is 0.154. The monoisotopic (exact) mass is 333 g/mol. The van der Waals surface area contributed by atoms with Crippen LogP contribution in [0.25, 0.3) is 0 Å². The Labute approximate surface area is 124 Å². The molecule has 20 heavy (non-hydrogen) atoms. The molecular weight excluding hydrogens is 322 g/mol. The predicted molar refractivity (Wildman–Crippen MR) is 78.3 cm³/mol. The fourth-order valence-corrected chi connectivity index (χ4v) is 1.97. The summed E-state index contributed by atoms with van der Waals surface area (Å²) in [5.74, 6) is -0.208. The van der Waals surface area contributed by atoms with Crippen molar-refractivity contribution >= 4 is 27.5 Å². The lowest BCUT2D eigenvalue weighted by Crippen LogP contribution is -2.29. The Hall–Kier alpha value is -2.33. The molecule has 1 aromatic carbocycles. The number of amides is 1. The standard InChI is InChI=1S/C13H12BrN5O/c14-10-1-2-11(9(7-10)8-15)16-5-6-17-13(20)12-3-4-18-19-12/h1-4,7,16H,5-6H2,(H,17,20)(H,18,19). The summed E-state index contributed by atoms with van der Waals surface area (Å²) in [6, 6.07) is 9.13. The van der Waals surface area contributed by atoms with Gasteiger partial charge in [-0.3, -0.25) is 9.89 Å². The van der Waals surface area contributed by atoms with E-state index in [-0.39, 0.29) is 5.91 Å². The second kappa shape index (κ2) is 6.73. The van der Waals surface area contributed by atoms with Gasteiger partial charge in [-0.2, -0.15) is 10.4 Å². The van der Waals surface area contributed by atoms with Gasteiger partial charge >= 0.3 is 0 Å². The number of benzene rings is 1. The zero-order valence-electron chi connectivity index (χ0n) is 10.5. The van der Waals surface area contributed by atoms with Gasteiger partial charge in [0, 0.05) is 23.8 Å². The molecule has 0 saturated heterocycles. The van der Waals surface area contributed by atoms with Gasteiger partial charge in [-0.05, 0) is 24.3 Å². The van der Waals surface area contributed by atoms with Crippen LogP contribution in [0.3, 0.4) is 0 Å². The quantitative estimate of drug-likeness (QED) is 0.728. The molecule has 2 rings (SSSR count). The fourth-order valence-electron chi connectivity index (χ4n) is 1.61. The number of carbonyl (C=O) groups excluding carboxylic acids is 1. The van der Waals surface area contributed by atoms with Gasteiger partial charge < -0.3 is 10.6 Å². The normalized spacial score (nSPS) is 9.80. The Morgan fingerprint density at radius 1 is 1.40 bits per heavy atom. The maximum atomic E-state index is 11.6. The van der Waals surface area contributed by atoms with E-state index < -0.39 is 0 Å². The first-order valence-electron chi connectivity index (χ1n) is 5.92. The summed E-state index contributed by atoms with van der Waals surface area (Å²) in [6.07, 6.45) is 1.52. The molecule has 1 heterocycles. The van der Waals surface area contributed by atoms with E-state index in [1.807, 2.05) is 12.1 Å². The van der Waals surface area contributed by atoms with Crippen LogP contribution < -0.4 is 10.6 Å². The van der Waals surface area contributed by atoms with Gasteiger partial charge in [0.15, 0.2) is 0 Å². The molecule has 0 saturated carbocycles. The van der Waals surface area contributed by atoms with Gasteiger partial charge in [0.1, 0.15) is 11.8 Å². The molecule has 0 aliphatic heterocycles. The molecule has 0 unspecified atom stereocenters. The lowest BCUT2D eigenvalue weighted by molar-refractivity contribution is 0.0950. The summed E-state index contributed by atoms with van der Waals surface area (Å²) in [7, 11) is 0. The molecule has 0 spiro atoms. The van der Waals surface area contributed by atoms with Gasteiger partial charge in [0.2, 0.25) is 0 Å². The maximum absolute atomic E-state index is 11.6.